The van der Waals surface area contributed by atoms with E-state index in [-0.39, 0.29) is 5.75 Å². The van der Waals surface area contributed by atoms with Crippen molar-refractivity contribution in [3.8, 4) is 5.75 Å². The van der Waals surface area contributed by atoms with Crippen LogP contribution in [-0.2, 0) is 4.84 Å². The summed E-state index contributed by atoms with van der Waals surface area (Å²) in [5.74, 6) is 0.777. The van der Waals surface area contributed by atoms with E-state index in [0.29, 0.717) is 11.6 Å². The number of phenolic OH excluding ortho intramolecular Hbond substituents is 1. The van der Waals surface area contributed by atoms with Gasteiger partial charge in [-0.05, 0) is 27.6 Å². The molecule has 1 aliphatic heterocycles. The van der Waals surface area contributed by atoms with Crippen LogP contribution >= 0.6 is 15.9 Å². The molecule has 0 spiro atoms. The molecule has 0 saturated carbocycles. The Morgan fingerprint density at radius 3 is 2.80 bits per heavy atom. The molecular weight excluding hydrogens is 260 g/mol. The summed E-state index contributed by atoms with van der Waals surface area (Å²) < 4.78 is 0.718. The van der Waals surface area contributed by atoms with Gasteiger partial charge in [-0.3, -0.25) is 0 Å². The predicted octanol–water partition coefficient (Wildman–Crippen LogP) is 0.598. The summed E-state index contributed by atoms with van der Waals surface area (Å²) in [5, 5.41) is 13.0. The molecule has 2 rings (SSSR count). The van der Waals surface area contributed by atoms with Gasteiger partial charge in [-0.25, -0.2) is 4.84 Å². The van der Waals surface area contributed by atoms with E-state index < -0.39 is 0 Å². The Morgan fingerprint density at radius 1 is 1.53 bits per heavy atom. The average Bonchev–Trinajstić information content (AvgIpc) is 2.11. The maximum atomic E-state index is 9.75. The molecule has 4 N–H and O–H groups in total. The number of quaternary nitrogens is 1. The fourth-order valence-electron chi connectivity index (χ4n) is 1.62. The van der Waals surface area contributed by atoms with Crippen LogP contribution in [0.4, 0.5) is 5.69 Å². The van der Waals surface area contributed by atoms with Gasteiger partial charge in [-0.15, -0.1) is 0 Å². The molecule has 0 aromatic heterocycles. The fraction of sp³-hybridized carbons (Fsp3) is 0.400. The number of aromatic hydroxyl groups is 1. The fourth-order valence-corrected chi connectivity index (χ4v) is 2.11. The number of hydrogen-bond donors (Lipinski definition) is 3. The summed E-state index contributed by atoms with van der Waals surface area (Å²) in [7, 11) is 1.57. The third-order valence-electron chi connectivity index (χ3n) is 2.61. The Balaban J connectivity index is 2.31. The molecule has 0 aliphatic carbocycles. The zero-order chi connectivity index (χ0) is 10.8. The van der Waals surface area contributed by atoms with Gasteiger partial charge in [0.2, 0.25) is 5.69 Å². The first-order valence-corrected chi connectivity index (χ1v) is 5.61. The van der Waals surface area contributed by atoms with Crippen LogP contribution in [0.3, 0.4) is 0 Å². The molecule has 1 aliphatic rings. The van der Waals surface area contributed by atoms with E-state index in [2.05, 4.69) is 21.2 Å². The number of rotatable bonds is 3. The van der Waals surface area contributed by atoms with Crippen LogP contribution < -0.4 is 10.8 Å². The van der Waals surface area contributed by atoms with Crippen molar-refractivity contribution >= 4 is 21.6 Å². The Kier molecular flexibility index (Phi) is 3.25. The molecule has 1 fully saturated rings. The maximum absolute atomic E-state index is 9.75. The van der Waals surface area contributed by atoms with Crippen molar-refractivity contribution in [1.29, 1.82) is 0 Å². The molecule has 1 heterocycles. The van der Waals surface area contributed by atoms with Crippen molar-refractivity contribution in [2.24, 2.45) is 0 Å². The van der Waals surface area contributed by atoms with Gasteiger partial charge < -0.3 is 10.4 Å². The molecular formula is C10H14BrN2O2+. The summed E-state index contributed by atoms with van der Waals surface area (Å²) >= 11 is 3.34. The van der Waals surface area contributed by atoms with Crippen molar-refractivity contribution in [2.75, 3.05) is 20.2 Å². The second-order valence-electron chi connectivity index (χ2n) is 3.65. The molecule has 0 radical (unpaired) electrons. The minimum absolute atomic E-state index is 0.230. The van der Waals surface area contributed by atoms with Crippen molar-refractivity contribution in [1.82, 2.24) is 5.32 Å². The number of hydrogen-bond acceptors (Lipinski definition) is 3. The first-order chi connectivity index (χ1) is 7.22. The molecule has 0 atom stereocenters. The van der Waals surface area contributed by atoms with Crippen molar-refractivity contribution in [3.63, 3.8) is 0 Å². The lowest BCUT2D eigenvalue weighted by Gasteiger charge is -2.27. The SMILES string of the molecule is CO[NH2+]c1cc(C2CNC2)cc(Br)c1O. The molecule has 1 saturated heterocycles. The molecule has 1 aromatic carbocycles. The van der Waals surface area contributed by atoms with Crippen LogP contribution in [0, 0.1) is 0 Å². The Bertz CT molecular complexity index is 367. The van der Waals surface area contributed by atoms with E-state index in [1.165, 1.54) is 5.56 Å². The standard InChI is InChI=1S/C10H13BrN2O2/c1-15-13-9-3-6(7-4-12-5-7)2-8(11)10(9)14/h2-3,7,12-14H,4-5H2,1H3/p+1. The monoisotopic (exact) mass is 273 g/mol. The number of nitrogens with one attached hydrogen (secondary N) is 1. The van der Waals surface area contributed by atoms with Gasteiger partial charge in [0.25, 0.3) is 0 Å². The Morgan fingerprint density at radius 2 is 2.27 bits per heavy atom. The van der Waals surface area contributed by atoms with Crippen LogP contribution in [0.1, 0.15) is 11.5 Å². The summed E-state index contributed by atoms with van der Waals surface area (Å²) in [5.41, 5.74) is 3.49. The smallest absolute Gasteiger partial charge is 0.205 e. The van der Waals surface area contributed by atoms with Gasteiger partial charge in [0.15, 0.2) is 5.75 Å². The molecule has 0 bridgehead atoms. The summed E-state index contributed by atoms with van der Waals surface area (Å²) in [6.07, 6.45) is 0. The van der Waals surface area contributed by atoms with Crippen LogP contribution in [0.5, 0.6) is 5.75 Å². The van der Waals surface area contributed by atoms with Crippen LogP contribution in [0.2, 0.25) is 0 Å². The minimum Gasteiger partial charge on any atom is -0.502 e. The van der Waals surface area contributed by atoms with Gasteiger partial charge in [-0.1, -0.05) is 0 Å². The van der Waals surface area contributed by atoms with E-state index in [1.807, 2.05) is 12.1 Å². The van der Waals surface area contributed by atoms with E-state index in [9.17, 15) is 5.11 Å². The minimum atomic E-state index is 0.230. The molecule has 15 heavy (non-hydrogen) atoms. The number of halogens is 1. The second-order valence-corrected chi connectivity index (χ2v) is 4.50. The average molecular weight is 274 g/mol. The van der Waals surface area contributed by atoms with Crippen molar-refractivity contribution < 1.29 is 15.4 Å². The first kappa shape index (κ1) is 10.9. The van der Waals surface area contributed by atoms with Gasteiger partial charge in [0.1, 0.15) is 0 Å². The zero-order valence-electron chi connectivity index (χ0n) is 8.46. The van der Waals surface area contributed by atoms with Crippen LogP contribution in [0.15, 0.2) is 16.6 Å². The quantitative estimate of drug-likeness (QED) is 0.430. The lowest BCUT2D eigenvalue weighted by atomic mass is 9.93. The van der Waals surface area contributed by atoms with E-state index >= 15 is 0 Å². The molecule has 4 nitrogen and oxygen atoms in total. The predicted molar refractivity (Wildman–Crippen MR) is 60.0 cm³/mol. The summed E-state index contributed by atoms with van der Waals surface area (Å²) in [6, 6.07) is 3.93. The highest BCUT2D eigenvalue weighted by atomic mass is 79.9. The normalized spacial score (nSPS) is 16.4. The highest BCUT2D eigenvalue weighted by Crippen LogP contribution is 2.34. The van der Waals surface area contributed by atoms with E-state index in [1.54, 1.807) is 12.6 Å². The number of benzene rings is 1. The van der Waals surface area contributed by atoms with Crippen molar-refractivity contribution in [2.45, 2.75) is 5.92 Å². The van der Waals surface area contributed by atoms with Gasteiger partial charge in [0, 0.05) is 25.1 Å². The third kappa shape index (κ3) is 2.15. The molecule has 0 unspecified atom stereocenters. The van der Waals surface area contributed by atoms with Gasteiger partial charge in [0.05, 0.1) is 11.6 Å². The largest absolute Gasteiger partial charge is 0.502 e. The highest BCUT2D eigenvalue weighted by Gasteiger charge is 2.22. The summed E-state index contributed by atoms with van der Waals surface area (Å²) in [6.45, 7) is 2.01. The first-order valence-electron chi connectivity index (χ1n) is 4.81. The topological polar surface area (TPSA) is 58.1 Å². The van der Waals surface area contributed by atoms with E-state index in [4.69, 9.17) is 4.84 Å². The highest BCUT2D eigenvalue weighted by molar-refractivity contribution is 9.10. The second kappa shape index (κ2) is 4.49. The molecule has 1 aromatic rings. The Hall–Kier alpha value is -0.620. The van der Waals surface area contributed by atoms with Gasteiger partial charge in [-0.2, -0.15) is 5.48 Å². The lowest BCUT2D eigenvalue weighted by molar-refractivity contribution is -0.830. The lowest BCUT2D eigenvalue weighted by Crippen LogP contribution is -2.76. The molecule has 82 valence electrons. The third-order valence-corrected chi connectivity index (χ3v) is 3.22. The van der Waals surface area contributed by atoms with E-state index in [0.717, 1.165) is 17.6 Å². The zero-order valence-corrected chi connectivity index (χ0v) is 10.0. The Labute approximate surface area is 96.7 Å². The molecule has 5 heteroatoms. The molecule has 0 amide bonds. The van der Waals surface area contributed by atoms with Crippen LogP contribution in [-0.4, -0.2) is 25.3 Å². The summed E-state index contributed by atoms with van der Waals surface area (Å²) in [4.78, 5) is 4.93. The number of phenols is 1. The number of nitrogens with two attached hydrogens (primary N) is 1. The maximum Gasteiger partial charge on any atom is 0.205 e. The van der Waals surface area contributed by atoms with Crippen LogP contribution in [0.25, 0.3) is 0 Å². The van der Waals surface area contributed by atoms with Crippen molar-refractivity contribution in [3.05, 3.63) is 22.2 Å². The van der Waals surface area contributed by atoms with Gasteiger partial charge >= 0.3 is 0 Å².